The van der Waals surface area contributed by atoms with Crippen molar-refractivity contribution in [3.63, 3.8) is 0 Å². The quantitative estimate of drug-likeness (QED) is 0.841. The first kappa shape index (κ1) is 15.5. The highest BCUT2D eigenvalue weighted by atomic mass is 35.5. The van der Waals surface area contributed by atoms with E-state index in [1.54, 1.807) is 25.1 Å². The molecule has 21 heavy (non-hydrogen) atoms. The van der Waals surface area contributed by atoms with Crippen molar-refractivity contribution in [2.45, 2.75) is 18.9 Å². The molecule has 0 bridgehead atoms. The summed E-state index contributed by atoms with van der Waals surface area (Å²) >= 11 is 7.16. The monoisotopic (exact) mass is 324 g/mol. The van der Waals surface area contributed by atoms with E-state index < -0.39 is 5.69 Å². The number of anilines is 1. The van der Waals surface area contributed by atoms with E-state index in [-0.39, 0.29) is 11.7 Å². The fourth-order valence-electron chi connectivity index (χ4n) is 1.58. The summed E-state index contributed by atoms with van der Waals surface area (Å²) in [5, 5.41) is 9.84. The molecule has 8 heteroatoms. The topological polar surface area (TPSA) is 87.7 Å². The second-order valence-corrected chi connectivity index (χ2v) is 5.65. The Labute approximate surface area is 130 Å². The smallest absolute Gasteiger partial charge is 0.325 e. The fraction of sp³-hybridized carbons (Fsp3) is 0.231. The van der Waals surface area contributed by atoms with Gasteiger partial charge in [0, 0.05) is 10.7 Å². The number of hydrogen-bond acceptors (Lipinski definition) is 5. The molecule has 2 N–H and O–H groups in total. The summed E-state index contributed by atoms with van der Waals surface area (Å²) in [4.78, 5) is 26.8. The minimum Gasteiger partial charge on any atom is -0.325 e. The molecule has 2 rings (SSSR count). The van der Waals surface area contributed by atoms with Gasteiger partial charge in [0.15, 0.2) is 0 Å². The minimum absolute atomic E-state index is 0.130. The van der Waals surface area contributed by atoms with E-state index in [4.69, 9.17) is 11.6 Å². The molecule has 1 aromatic carbocycles. The predicted molar refractivity (Wildman–Crippen MR) is 82.9 cm³/mol. The number of thioether (sulfide) groups is 1. The van der Waals surface area contributed by atoms with E-state index in [9.17, 15) is 9.59 Å². The lowest BCUT2D eigenvalue weighted by molar-refractivity contribution is -0.113. The van der Waals surface area contributed by atoms with Crippen molar-refractivity contribution in [2.75, 3.05) is 11.1 Å². The van der Waals surface area contributed by atoms with E-state index >= 15 is 0 Å². The number of aromatic nitrogens is 3. The van der Waals surface area contributed by atoms with Crippen LogP contribution in [0.4, 0.5) is 5.69 Å². The second-order valence-electron chi connectivity index (χ2n) is 4.28. The molecule has 0 aliphatic carbocycles. The average Bonchev–Trinajstić information content (AvgIpc) is 2.45. The lowest BCUT2D eigenvalue weighted by Gasteiger charge is -2.09. The Kier molecular flexibility index (Phi) is 4.98. The van der Waals surface area contributed by atoms with Crippen molar-refractivity contribution >= 4 is 35.0 Å². The SMILES string of the molecule is Cc1n[nH]c(=O)nc1SCC(=O)Nc1cccc(Cl)c1C. The van der Waals surface area contributed by atoms with Gasteiger partial charge in [-0.1, -0.05) is 29.4 Å². The number of aromatic amines is 1. The van der Waals surface area contributed by atoms with Crippen LogP contribution in [0, 0.1) is 13.8 Å². The van der Waals surface area contributed by atoms with E-state index in [1.807, 2.05) is 6.92 Å². The molecule has 110 valence electrons. The van der Waals surface area contributed by atoms with Crippen LogP contribution in [0.2, 0.25) is 5.02 Å². The summed E-state index contributed by atoms with van der Waals surface area (Å²) in [6.45, 7) is 3.54. The average molecular weight is 325 g/mol. The number of amides is 1. The van der Waals surface area contributed by atoms with Crippen LogP contribution in [0.25, 0.3) is 0 Å². The standard InChI is InChI=1S/C13H13ClN4O2S/c1-7-9(14)4-3-5-10(7)15-11(19)6-21-12-8(2)17-18-13(20)16-12/h3-5H,6H2,1-2H3,(H,15,19)(H,16,18,20). The normalized spacial score (nSPS) is 10.4. The zero-order valence-electron chi connectivity index (χ0n) is 11.4. The molecule has 2 aromatic rings. The Hall–Kier alpha value is -1.86. The molecule has 0 unspecified atom stereocenters. The molecule has 6 nitrogen and oxygen atoms in total. The molecule has 0 spiro atoms. The van der Waals surface area contributed by atoms with Gasteiger partial charge in [0.1, 0.15) is 5.03 Å². The van der Waals surface area contributed by atoms with Crippen molar-refractivity contribution < 1.29 is 4.79 Å². The van der Waals surface area contributed by atoms with Crippen LogP contribution in [0.1, 0.15) is 11.3 Å². The van der Waals surface area contributed by atoms with Gasteiger partial charge in [-0.05, 0) is 31.5 Å². The second kappa shape index (κ2) is 6.73. The lowest BCUT2D eigenvalue weighted by Crippen LogP contribution is -2.17. The van der Waals surface area contributed by atoms with Crippen molar-refractivity contribution in [2.24, 2.45) is 0 Å². The van der Waals surface area contributed by atoms with E-state index in [2.05, 4.69) is 20.5 Å². The highest BCUT2D eigenvalue weighted by molar-refractivity contribution is 8.00. The number of halogens is 1. The maximum Gasteiger partial charge on any atom is 0.362 e. The summed E-state index contributed by atoms with van der Waals surface area (Å²) in [5.74, 6) is -0.0721. The first-order valence-corrected chi connectivity index (χ1v) is 7.45. The number of hydrogen-bond donors (Lipinski definition) is 2. The first-order valence-electron chi connectivity index (χ1n) is 6.08. The Morgan fingerprint density at radius 1 is 1.43 bits per heavy atom. The maximum atomic E-state index is 11.9. The Balaban J connectivity index is 2.01. The van der Waals surface area contributed by atoms with E-state index in [0.717, 1.165) is 17.3 Å². The molecule has 0 radical (unpaired) electrons. The van der Waals surface area contributed by atoms with Crippen LogP contribution in [-0.4, -0.2) is 26.8 Å². The molecule has 1 heterocycles. The van der Waals surface area contributed by atoms with Crippen molar-refractivity contribution in [3.05, 3.63) is 45.0 Å². The number of aryl methyl sites for hydroxylation is 1. The molecule has 0 fully saturated rings. The van der Waals surface area contributed by atoms with Crippen molar-refractivity contribution in [1.82, 2.24) is 15.2 Å². The molecule has 0 saturated carbocycles. The third-order valence-corrected chi connectivity index (χ3v) is 4.19. The van der Waals surface area contributed by atoms with Gasteiger partial charge in [0.25, 0.3) is 0 Å². The number of rotatable bonds is 4. The van der Waals surface area contributed by atoms with E-state index in [0.29, 0.717) is 21.4 Å². The van der Waals surface area contributed by atoms with Gasteiger partial charge < -0.3 is 5.32 Å². The Bertz CT molecular complexity index is 732. The number of nitrogens with zero attached hydrogens (tertiary/aromatic N) is 2. The molecule has 0 atom stereocenters. The predicted octanol–water partition coefficient (Wildman–Crippen LogP) is 2.17. The molecule has 1 aromatic heterocycles. The van der Waals surface area contributed by atoms with Gasteiger partial charge in [0.2, 0.25) is 5.91 Å². The van der Waals surface area contributed by atoms with Crippen LogP contribution in [0.5, 0.6) is 0 Å². The molecular formula is C13H13ClN4O2S. The third-order valence-electron chi connectivity index (χ3n) is 2.71. The highest BCUT2D eigenvalue weighted by Gasteiger charge is 2.10. The van der Waals surface area contributed by atoms with Crippen molar-refractivity contribution in [1.29, 1.82) is 0 Å². The number of benzene rings is 1. The fourth-order valence-corrected chi connectivity index (χ4v) is 2.49. The van der Waals surface area contributed by atoms with Crippen LogP contribution >= 0.6 is 23.4 Å². The summed E-state index contributed by atoms with van der Waals surface area (Å²) in [6.07, 6.45) is 0. The lowest BCUT2D eigenvalue weighted by atomic mass is 10.2. The zero-order valence-corrected chi connectivity index (χ0v) is 13.0. The van der Waals surface area contributed by atoms with Gasteiger partial charge >= 0.3 is 5.69 Å². The van der Waals surface area contributed by atoms with Gasteiger partial charge in [0.05, 0.1) is 11.4 Å². The molecule has 0 aliphatic rings. The Morgan fingerprint density at radius 3 is 2.95 bits per heavy atom. The van der Waals surface area contributed by atoms with Gasteiger partial charge in [-0.15, -0.1) is 0 Å². The third kappa shape index (κ3) is 4.05. The maximum absolute atomic E-state index is 11.9. The van der Waals surface area contributed by atoms with Crippen LogP contribution in [0.15, 0.2) is 28.0 Å². The molecule has 0 saturated heterocycles. The summed E-state index contributed by atoms with van der Waals surface area (Å²) < 4.78 is 0. The molecule has 1 amide bonds. The number of nitrogens with one attached hydrogen (secondary N) is 2. The van der Waals surface area contributed by atoms with Crippen molar-refractivity contribution in [3.8, 4) is 0 Å². The van der Waals surface area contributed by atoms with Crippen LogP contribution in [-0.2, 0) is 4.79 Å². The van der Waals surface area contributed by atoms with Gasteiger partial charge in [-0.2, -0.15) is 10.1 Å². The molecular weight excluding hydrogens is 312 g/mol. The van der Waals surface area contributed by atoms with E-state index in [1.165, 1.54) is 0 Å². The largest absolute Gasteiger partial charge is 0.362 e. The van der Waals surface area contributed by atoms with Crippen LogP contribution in [0.3, 0.4) is 0 Å². The number of H-pyrrole nitrogens is 1. The van der Waals surface area contributed by atoms with Gasteiger partial charge in [-0.3, -0.25) is 4.79 Å². The zero-order chi connectivity index (χ0) is 15.4. The van der Waals surface area contributed by atoms with Crippen LogP contribution < -0.4 is 11.0 Å². The first-order chi connectivity index (χ1) is 9.97. The number of carbonyl (C=O) groups is 1. The number of carbonyl (C=O) groups excluding carboxylic acids is 1. The molecule has 0 aliphatic heterocycles. The minimum atomic E-state index is -0.533. The highest BCUT2D eigenvalue weighted by Crippen LogP contribution is 2.23. The summed E-state index contributed by atoms with van der Waals surface area (Å²) in [7, 11) is 0. The van der Waals surface area contributed by atoms with Gasteiger partial charge in [-0.25, -0.2) is 9.89 Å². The summed E-state index contributed by atoms with van der Waals surface area (Å²) in [5.41, 5.74) is 1.52. The Morgan fingerprint density at radius 2 is 2.19 bits per heavy atom. The summed E-state index contributed by atoms with van der Waals surface area (Å²) in [6, 6.07) is 5.31.